The van der Waals surface area contributed by atoms with Crippen LogP contribution in [0.1, 0.15) is 49.4 Å². The molecule has 0 amide bonds. The summed E-state index contributed by atoms with van der Waals surface area (Å²) in [6, 6.07) is 3.07. The Morgan fingerprint density at radius 2 is 2.10 bits per heavy atom. The van der Waals surface area contributed by atoms with E-state index in [0.717, 1.165) is 25.7 Å². The van der Waals surface area contributed by atoms with Gasteiger partial charge in [-0.25, -0.2) is 4.79 Å². The number of nitrogen functional groups attached to an aromatic ring is 1. The minimum absolute atomic E-state index is 0.0164. The fourth-order valence-electron chi connectivity index (χ4n) is 2.89. The van der Waals surface area contributed by atoms with Crippen LogP contribution in [-0.2, 0) is 4.74 Å². The molecule has 116 valence electrons. The van der Waals surface area contributed by atoms with Crippen LogP contribution in [0.2, 0.25) is 5.02 Å². The number of hydrogen-bond acceptors (Lipinski definition) is 4. The van der Waals surface area contributed by atoms with Crippen LogP contribution in [0.4, 0.5) is 5.69 Å². The van der Waals surface area contributed by atoms with Gasteiger partial charge in [-0.1, -0.05) is 24.9 Å². The van der Waals surface area contributed by atoms with E-state index >= 15 is 0 Å². The van der Waals surface area contributed by atoms with Gasteiger partial charge in [-0.2, -0.15) is 0 Å². The lowest BCUT2D eigenvalue weighted by molar-refractivity contribution is 0.000447. The van der Waals surface area contributed by atoms with E-state index in [4.69, 9.17) is 26.8 Å². The normalized spacial score (nSPS) is 21.9. The predicted molar refractivity (Wildman–Crippen MR) is 83.9 cm³/mol. The zero-order valence-electron chi connectivity index (χ0n) is 12.5. The summed E-state index contributed by atoms with van der Waals surface area (Å²) in [6.45, 7) is 2.14. The van der Waals surface area contributed by atoms with Gasteiger partial charge in [-0.05, 0) is 37.7 Å². The molecule has 1 aromatic rings. The molecule has 4 nitrogen and oxygen atoms in total. The van der Waals surface area contributed by atoms with E-state index < -0.39 is 0 Å². The van der Waals surface area contributed by atoms with Crippen molar-refractivity contribution in [3.8, 4) is 5.75 Å². The summed E-state index contributed by atoms with van der Waals surface area (Å²) < 4.78 is 10.9. The molecule has 1 aromatic carbocycles. The molecule has 0 heterocycles. The van der Waals surface area contributed by atoms with Crippen molar-refractivity contribution in [3.05, 3.63) is 22.7 Å². The molecule has 0 spiro atoms. The Labute approximate surface area is 130 Å². The molecule has 1 aliphatic rings. The first kappa shape index (κ1) is 16.0. The lowest BCUT2D eigenvalue weighted by atomic mass is 9.85. The number of rotatable bonds is 4. The molecule has 1 aliphatic carbocycles. The molecule has 2 rings (SSSR count). The largest absolute Gasteiger partial charge is 0.496 e. The SMILES string of the molecule is CCC1CCCCC1OC(=O)c1cc(Cl)c(N)cc1OC. The highest BCUT2D eigenvalue weighted by molar-refractivity contribution is 6.33. The van der Waals surface area contributed by atoms with E-state index in [1.54, 1.807) is 6.07 Å². The quantitative estimate of drug-likeness (QED) is 0.673. The molecule has 0 saturated heterocycles. The zero-order valence-corrected chi connectivity index (χ0v) is 13.3. The summed E-state index contributed by atoms with van der Waals surface area (Å²) in [4.78, 5) is 12.4. The highest BCUT2D eigenvalue weighted by atomic mass is 35.5. The zero-order chi connectivity index (χ0) is 15.4. The number of methoxy groups -OCH3 is 1. The summed E-state index contributed by atoms with van der Waals surface area (Å²) in [5.74, 6) is 0.447. The van der Waals surface area contributed by atoms with E-state index in [-0.39, 0.29) is 12.1 Å². The number of benzene rings is 1. The smallest absolute Gasteiger partial charge is 0.342 e. The van der Waals surface area contributed by atoms with Crippen LogP contribution in [0.25, 0.3) is 0 Å². The van der Waals surface area contributed by atoms with Crippen LogP contribution in [0, 0.1) is 5.92 Å². The number of nitrogens with two attached hydrogens (primary N) is 1. The molecular weight excluding hydrogens is 290 g/mol. The van der Waals surface area contributed by atoms with E-state index in [1.807, 2.05) is 0 Å². The van der Waals surface area contributed by atoms with Gasteiger partial charge in [0.25, 0.3) is 0 Å². The molecular formula is C16H22ClNO3. The molecule has 2 unspecified atom stereocenters. The Balaban J connectivity index is 2.18. The Hall–Kier alpha value is -1.42. The second-order valence-corrected chi connectivity index (χ2v) is 5.88. The Morgan fingerprint density at radius 3 is 2.76 bits per heavy atom. The number of esters is 1. The lowest BCUT2D eigenvalue weighted by Gasteiger charge is -2.30. The molecule has 5 heteroatoms. The maximum Gasteiger partial charge on any atom is 0.342 e. The summed E-state index contributed by atoms with van der Waals surface area (Å²) >= 11 is 6.00. The van der Waals surface area contributed by atoms with Gasteiger partial charge in [0, 0.05) is 6.07 Å². The van der Waals surface area contributed by atoms with Crippen LogP contribution in [0.15, 0.2) is 12.1 Å². The van der Waals surface area contributed by atoms with E-state index in [1.165, 1.54) is 19.6 Å². The monoisotopic (exact) mass is 311 g/mol. The standard InChI is InChI=1S/C16H22ClNO3/c1-3-10-6-4-5-7-14(10)21-16(19)11-8-12(17)13(18)9-15(11)20-2/h8-10,14H,3-7,18H2,1-2H3. The first-order valence-electron chi connectivity index (χ1n) is 7.40. The van der Waals surface area contributed by atoms with Crippen molar-refractivity contribution in [1.82, 2.24) is 0 Å². The number of hydrogen-bond donors (Lipinski definition) is 1. The first-order valence-corrected chi connectivity index (χ1v) is 7.78. The maximum absolute atomic E-state index is 12.4. The van der Waals surface area contributed by atoms with Crippen molar-refractivity contribution in [2.45, 2.75) is 45.1 Å². The predicted octanol–water partition coefficient (Wildman–Crippen LogP) is 4.06. The third-order valence-corrected chi connectivity index (χ3v) is 4.49. The second-order valence-electron chi connectivity index (χ2n) is 5.47. The summed E-state index contributed by atoms with van der Waals surface area (Å²) in [7, 11) is 1.49. The molecule has 0 aromatic heterocycles. The average molecular weight is 312 g/mol. The third kappa shape index (κ3) is 3.62. The lowest BCUT2D eigenvalue weighted by Crippen LogP contribution is -2.29. The molecule has 2 N–H and O–H groups in total. The fraction of sp³-hybridized carbons (Fsp3) is 0.562. The van der Waals surface area contributed by atoms with Crippen LogP contribution < -0.4 is 10.5 Å². The number of carbonyl (C=O) groups excluding carboxylic acids is 1. The van der Waals surface area contributed by atoms with Crippen molar-refractivity contribution in [2.24, 2.45) is 5.92 Å². The highest BCUT2D eigenvalue weighted by Crippen LogP contribution is 2.33. The molecule has 0 aliphatic heterocycles. The van der Waals surface area contributed by atoms with Crippen molar-refractivity contribution in [2.75, 3.05) is 12.8 Å². The van der Waals surface area contributed by atoms with Crippen LogP contribution in [-0.4, -0.2) is 19.2 Å². The van der Waals surface area contributed by atoms with Crippen molar-refractivity contribution < 1.29 is 14.3 Å². The number of carbonyl (C=O) groups is 1. The topological polar surface area (TPSA) is 61.5 Å². The van der Waals surface area contributed by atoms with Gasteiger partial charge >= 0.3 is 5.97 Å². The molecule has 0 bridgehead atoms. The van der Waals surface area contributed by atoms with Crippen LogP contribution >= 0.6 is 11.6 Å². The number of anilines is 1. The van der Waals surface area contributed by atoms with Crippen LogP contribution in [0.3, 0.4) is 0 Å². The van der Waals surface area contributed by atoms with Gasteiger partial charge in [0.05, 0.1) is 17.8 Å². The van der Waals surface area contributed by atoms with Crippen LogP contribution in [0.5, 0.6) is 5.75 Å². The average Bonchev–Trinajstić information content (AvgIpc) is 2.50. The fourth-order valence-corrected chi connectivity index (χ4v) is 3.06. The maximum atomic E-state index is 12.4. The van der Waals surface area contributed by atoms with Gasteiger partial charge in [0.2, 0.25) is 0 Å². The van der Waals surface area contributed by atoms with Crippen molar-refractivity contribution in [3.63, 3.8) is 0 Å². The van der Waals surface area contributed by atoms with Gasteiger partial charge < -0.3 is 15.2 Å². The van der Waals surface area contributed by atoms with Gasteiger partial charge in [0.1, 0.15) is 17.4 Å². The minimum Gasteiger partial charge on any atom is -0.496 e. The molecule has 0 radical (unpaired) electrons. The minimum atomic E-state index is -0.390. The second kappa shape index (κ2) is 7.03. The highest BCUT2D eigenvalue weighted by Gasteiger charge is 2.28. The van der Waals surface area contributed by atoms with Gasteiger partial charge in [-0.15, -0.1) is 0 Å². The third-order valence-electron chi connectivity index (χ3n) is 4.16. The molecule has 2 atom stereocenters. The first-order chi connectivity index (χ1) is 10.1. The molecule has 21 heavy (non-hydrogen) atoms. The Bertz CT molecular complexity index is 518. The summed E-state index contributed by atoms with van der Waals surface area (Å²) in [6.07, 6.45) is 5.37. The van der Waals surface area contributed by atoms with E-state index in [0.29, 0.717) is 27.9 Å². The summed E-state index contributed by atoms with van der Waals surface area (Å²) in [5.41, 5.74) is 6.44. The number of ether oxygens (including phenoxy) is 2. The van der Waals surface area contributed by atoms with Gasteiger partial charge in [0.15, 0.2) is 0 Å². The Kier molecular flexibility index (Phi) is 5.34. The van der Waals surface area contributed by atoms with Crippen molar-refractivity contribution in [1.29, 1.82) is 0 Å². The van der Waals surface area contributed by atoms with Crippen molar-refractivity contribution >= 4 is 23.3 Å². The number of halogens is 1. The Morgan fingerprint density at radius 1 is 1.38 bits per heavy atom. The molecule has 1 saturated carbocycles. The molecule has 1 fully saturated rings. The van der Waals surface area contributed by atoms with Gasteiger partial charge in [-0.3, -0.25) is 0 Å². The summed E-state index contributed by atoms with van der Waals surface area (Å²) in [5, 5.41) is 0.332. The van der Waals surface area contributed by atoms with E-state index in [9.17, 15) is 4.79 Å². The van der Waals surface area contributed by atoms with E-state index in [2.05, 4.69) is 6.92 Å².